The van der Waals surface area contributed by atoms with Crippen molar-refractivity contribution in [3.05, 3.63) is 42.0 Å². The summed E-state index contributed by atoms with van der Waals surface area (Å²) in [6, 6.07) is 9.70. The first-order valence-electron chi connectivity index (χ1n) is 8.60. The van der Waals surface area contributed by atoms with Gasteiger partial charge in [-0.15, -0.1) is 0 Å². The fraction of sp³-hybridized carbons (Fsp3) is 0.444. The maximum atomic E-state index is 12.2. The second kappa shape index (κ2) is 10.5. The van der Waals surface area contributed by atoms with E-state index in [2.05, 4.69) is 27.9 Å². The molecule has 148 valence electrons. The summed E-state index contributed by atoms with van der Waals surface area (Å²) in [5, 5.41) is 9.09. The van der Waals surface area contributed by atoms with Gasteiger partial charge in [0.25, 0.3) is 0 Å². The van der Waals surface area contributed by atoms with E-state index in [1.165, 1.54) is 6.08 Å². The van der Waals surface area contributed by atoms with Crippen molar-refractivity contribution in [2.24, 2.45) is 0 Å². The number of alkyl halides is 3. The third kappa shape index (κ3) is 8.23. The second-order valence-electron chi connectivity index (χ2n) is 6.42. The molecule has 9 heteroatoms. The van der Waals surface area contributed by atoms with Gasteiger partial charge in [-0.2, -0.15) is 0 Å². The van der Waals surface area contributed by atoms with Crippen LogP contribution in [0.5, 0.6) is 0 Å². The van der Waals surface area contributed by atoms with Gasteiger partial charge in [-0.3, -0.25) is 4.79 Å². The predicted molar refractivity (Wildman–Crippen MR) is 117 cm³/mol. The van der Waals surface area contributed by atoms with E-state index >= 15 is 0 Å². The summed E-state index contributed by atoms with van der Waals surface area (Å²) in [4.78, 5) is 14.5. The first kappa shape index (κ1) is 22.2. The molecule has 1 aromatic rings. The SMILES string of the molecule is CN1CCC(NC(=S)NC(NC(=O)/C=C/c2ccccc2)C(Cl)(Cl)Cl)CC1. The van der Waals surface area contributed by atoms with Crippen LogP contribution in [-0.2, 0) is 4.79 Å². The van der Waals surface area contributed by atoms with Crippen molar-refractivity contribution in [1.29, 1.82) is 0 Å². The number of nitrogens with one attached hydrogen (secondary N) is 3. The normalized spacial score (nSPS) is 17.5. The highest BCUT2D eigenvalue weighted by Crippen LogP contribution is 2.29. The highest BCUT2D eigenvalue weighted by atomic mass is 35.6. The molecule has 0 bridgehead atoms. The van der Waals surface area contributed by atoms with Gasteiger partial charge in [0.15, 0.2) is 5.11 Å². The Morgan fingerprint density at radius 3 is 2.44 bits per heavy atom. The van der Waals surface area contributed by atoms with Crippen LogP contribution in [0, 0.1) is 0 Å². The smallest absolute Gasteiger partial charge is 0.245 e. The lowest BCUT2D eigenvalue weighted by molar-refractivity contribution is -0.117. The molecule has 1 aromatic carbocycles. The molecular weight excluding hydrogens is 427 g/mol. The molecule has 1 aliphatic heterocycles. The van der Waals surface area contributed by atoms with E-state index in [1.807, 2.05) is 30.3 Å². The van der Waals surface area contributed by atoms with Crippen molar-refractivity contribution < 1.29 is 4.79 Å². The lowest BCUT2D eigenvalue weighted by Gasteiger charge is -2.32. The number of thiocarbonyl (C=S) groups is 1. The van der Waals surface area contributed by atoms with E-state index < -0.39 is 15.9 Å². The monoisotopic (exact) mass is 448 g/mol. The van der Waals surface area contributed by atoms with Crippen LogP contribution in [0.3, 0.4) is 0 Å². The van der Waals surface area contributed by atoms with Crippen LogP contribution in [0.2, 0.25) is 0 Å². The van der Waals surface area contributed by atoms with Crippen LogP contribution < -0.4 is 16.0 Å². The van der Waals surface area contributed by atoms with Gasteiger partial charge in [-0.1, -0.05) is 65.1 Å². The number of carbonyl (C=O) groups excluding carboxylic acids is 1. The minimum Gasteiger partial charge on any atom is -0.360 e. The number of rotatable bonds is 5. The van der Waals surface area contributed by atoms with Gasteiger partial charge in [0.1, 0.15) is 6.17 Å². The number of benzene rings is 1. The third-order valence-electron chi connectivity index (χ3n) is 4.17. The Labute approximate surface area is 180 Å². The third-order valence-corrected chi connectivity index (χ3v) is 5.06. The minimum atomic E-state index is -1.77. The standard InChI is InChI=1S/C18H23Cl3N4OS/c1-25-11-9-14(10-12-25)22-17(27)24-16(18(19,20)21)23-15(26)8-7-13-5-3-2-4-6-13/h2-8,14,16H,9-12H2,1H3,(H,23,26)(H2,22,24,27)/b8-7+. The zero-order chi connectivity index (χ0) is 19.9. The fourth-order valence-corrected chi connectivity index (χ4v) is 3.25. The number of hydrogen-bond acceptors (Lipinski definition) is 3. The van der Waals surface area contributed by atoms with Gasteiger partial charge in [0.2, 0.25) is 9.70 Å². The number of halogens is 3. The number of carbonyl (C=O) groups is 1. The van der Waals surface area contributed by atoms with Crippen LogP contribution in [-0.4, -0.2) is 52.1 Å². The van der Waals surface area contributed by atoms with Gasteiger partial charge in [-0.25, -0.2) is 0 Å². The highest BCUT2D eigenvalue weighted by molar-refractivity contribution is 7.80. The van der Waals surface area contributed by atoms with Crippen LogP contribution >= 0.6 is 47.0 Å². The van der Waals surface area contributed by atoms with Gasteiger partial charge in [0.05, 0.1) is 0 Å². The van der Waals surface area contributed by atoms with Crippen molar-refractivity contribution in [1.82, 2.24) is 20.9 Å². The quantitative estimate of drug-likeness (QED) is 0.279. The average Bonchev–Trinajstić information content (AvgIpc) is 2.61. The predicted octanol–water partition coefficient (Wildman–Crippen LogP) is 3.07. The summed E-state index contributed by atoms with van der Waals surface area (Å²) in [5.41, 5.74) is 0.894. The van der Waals surface area contributed by atoms with E-state index in [-0.39, 0.29) is 6.04 Å². The first-order valence-corrected chi connectivity index (χ1v) is 10.1. The number of likely N-dealkylation sites (tertiary alicyclic amines) is 1. The molecule has 3 N–H and O–H groups in total. The van der Waals surface area contributed by atoms with E-state index in [4.69, 9.17) is 47.0 Å². The van der Waals surface area contributed by atoms with Crippen LogP contribution in [0.15, 0.2) is 36.4 Å². The number of piperidine rings is 1. The molecule has 1 aliphatic rings. The van der Waals surface area contributed by atoms with E-state index in [1.54, 1.807) is 6.08 Å². The summed E-state index contributed by atoms with van der Waals surface area (Å²) < 4.78 is -1.77. The molecule has 2 rings (SSSR count). The number of nitrogens with zero attached hydrogens (tertiary/aromatic N) is 1. The molecular formula is C18H23Cl3N4OS. The summed E-state index contributed by atoms with van der Waals surface area (Å²) >= 11 is 23.3. The first-order chi connectivity index (χ1) is 12.7. The minimum absolute atomic E-state index is 0.255. The highest BCUT2D eigenvalue weighted by Gasteiger charge is 2.34. The summed E-state index contributed by atoms with van der Waals surface area (Å²) in [6.07, 6.45) is 4.04. The lowest BCUT2D eigenvalue weighted by atomic mass is 10.1. The van der Waals surface area contributed by atoms with Crippen molar-refractivity contribution in [3.8, 4) is 0 Å². The summed E-state index contributed by atoms with van der Waals surface area (Å²) in [5.74, 6) is -0.398. The Hall–Kier alpha value is -1.05. The molecule has 0 spiro atoms. The molecule has 0 aromatic heterocycles. The zero-order valence-corrected chi connectivity index (χ0v) is 18.0. The van der Waals surface area contributed by atoms with Gasteiger partial charge < -0.3 is 20.9 Å². The van der Waals surface area contributed by atoms with Gasteiger partial charge in [0, 0.05) is 12.1 Å². The van der Waals surface area contributed by atoms with Crippen molar-refractivity contribution >= 4 is 64.1 Å². The van der Waals surface area contributed by atoms with Gasteiger partial charge in [-0.05, 0) is 56.8 Å². The molecule has 5 nitrogen and oxygen atoms in total. The van der Waals surface area contributed by atoms with Crippen molar-refractivity contribution in [2.45, 2.75) is 28.8 Å². The van der Waals surface area contributed by atoms with Crippen molar-refractivity contribution in [3.63, 3.8) is 0 Å². The molecule has 0 saturated carbocycles. The molecule has 1 heterocycles. The largest absolute Gasteiger partial charge is 0.360 e. The maximum Gasteiger partial charge on any atom is 0.245 e. The molecule has 27 heavy (non-hydrogen) atoms. The molecule has 1 atom stereocenters. The molecule has 1 fully saturated rings. The molecule has 1 unspecified atom stereocenters. The van der Waals surface area contributed by atoms with Gasteiger partial charge >= 0.3 is 0 Å². The molecule has 0 aliphatic carbocycles. The molecule has 1 amide bonds. The average molecular weight is 450 g/mol. The lowest BCUT2D eigenvalue weighted by Crippen LogP contribution is -2.58. The summed E-state index contributed by atoms with van der Waals surface area (Å²) in [6.45, 7) is 1.99. The van der Waals surface area contributed by atoms with E-state index in [0.717, 1.165) is 31.5 Å². The number of amides is 1. The van der Waals surface area contributed by atoms with Crippen LogP contribution in [0.1, 0.15) is 18.4 Å². The maximum absolute atomic E-state index is 12.2. The Kier molecular flexibility index (Phi) is 8.63. The molecule has 0 radical (unpaired) electrons. The topological polar surface area (TPSA) is 56.4 Å². The molecule has 1 saturated heterocycles. The Morgan fingerprint density at radius 2 is 1.85 bits per heavy atom. The van der Waals surface area contributed by atoms with Crippen molar-refractivity contribution in [2.75, 3.05) is 20.1 Å². The second-order valence-corrected chi connectivity index (χ2v) is 9.20. The van der Waals surface area contributed by atoms with E-state index in [9.17, 15) is 4.79 Å². The van der Waals surface area contributed by atoms with E-state index in [0.29, 0.717) is 5.11 Å². The number of hydrogen-bond donors (Lipinski definition) is 3. The van der Waals surface area contributed by atoms with Crippen LogP contribution in [0.25, 0.3) is 6.08 Å². The Balaban J connectivity index is 1.89. The Morgan fingerprint density at radius 1 is 1.22 bits per heavy atom. The summed E-state index contributed by atoms with van der Waals surface area (Å²) in [7, 11) is 2.09. The Bertz CT molecular complexity index is 658. The fourth-order valence-electron chi connectivity index (χ4n) is 2.64. The van der Waals surface area contributed by atoms with Crippen LogP contribution in [0.4, 0.5) is 0 Å². The zero-order valence-electron chi connectivity index (χ0n) is 14.9.